The highest BCUT2D eigenvalue weighted by atomic mass is 35.5. The van der Waals surface area contributed by atoms with Crippen LogP contribution in [0.3, 0.4) is 0 Å². The van der Waals surface area contributed by atoms with Crippen LogP contribution in [0.4, 0.5) is 0 Å². The number of nitriles is 1. The lowest BCUT2D eigenvalue weighted by Crippen LogP contribution is -2.33. The van der Waals surface area contributed by atoms with Crippen LogP contribution in [0.2, 0.25) is 5.02 Å². The summed E-state index contributed by atoms with van der Waals surface area (Å²) < 4.78 is 0. The zero-order chi connectivity index (χ0) is 19.0. The van der Waals surface area contributed by atoms with E-state index >= 15 is 0 Å². The molecule has 0 spiro atoms. The molecular formula is C22H18ClN3O. The molecular weight excluding hydrogens is 358 g/mol. The molecule has 134 valence electrons. The summed E-state index contributed by atoms with van der Waals surface area (Å²) in [7, 11) is 0. The molecule has 1 aromatic carbocycles. The Kier molecular flexibility index (Phi) is 4.55. The largest absolute Gasteiger partial charge is 0.361 e. The van der Waals surface area contributed by atoms with Crippen LogP contribution in [0.5, 0.6) is 0 Å². The van der Waals surface area contributed by atoms with Crippen molar-refractivity contribution in [3.63, 3.8) is 0 Å². The maximum absolute atomic E-state index is 13.2. The number of nitrogens with one attached hydrogen (secondary N) is 1. The minimum absolute atomic E-state index is 0.0813. The van der Waals surface area contributed by atoms with Gasteiger partial charge in [0.25, 0.3) is 0 Å². The fourth-order valence-corrected chi connectivity index (χ4v) is 4.16. The molecule has 1 aromatic heterocycles. The second kappa shape index (κ2) is 7.02. The number of dihydropyridines is 1. The minimum Gasteiger partial charge on any atom is -0.361 e. The maximum atomic E-state index is 13.2. The van der Waals surface area contributed by atoms with Gasteiger partial charge in [0.05, 0.1) is 17.6 Å². The van der Waals surface area contributed by atoms with Crippen molar-refractivity contribution in [1.29, 1.82) is 5.26 Å². The van der Waals surface area contributed by atoms with E-state index in [9.17, 15) is 10.1 Å². The number of benzene rings is 1. The average molecular weight is 376 g/mol. The maximum Gasteiger partial charge on any atom is 0.162 e. The van der Waals surface area contributed by atoms with Gasteiger partial charge in [-0.25, -0.2) is 0 Å². The highest BCUT2D eigenvalue weighted by Gasteiger charge is 2.38. The van der Waals surface area contributed by atoms with Crippen LogP contribution in [0.1, 0.15) is 42.7 Å². The number of Topliss-reactive ketones (excluding diaryl/α,β-unsaturated/α-hetero) is 1. The summed E-state index contributed by atoms with van der Waals surface area (Å²) in [6.07, 6.45) is 4.59. The molecule has 0 unspecified atom stereocenters. The number of nitrogens with zero attached hydrogens (tertiary/aromatic N) is 2. The first kappa shape index (κ1) is 17.5. The van der Waals surface area contributed by atoms with Crippen molar-refractivity contribution in [3.05, 3.63) is 87.5 Å². The van der Waals surface area contributed by atoms with Crippen LogP contribution in [-0.2, 0) is 4.79 Å². The van der Waals surface area contributed by atoms with Gasteiger partial charge >= 0.3 is 0 Å². The molecule has 1 N–H and O–H groups in total. The molecule has 0 saturated carbocycles. The number of allylic oxidation sites excluding steroid dienone is 4. The van der Waals surface area contributed by atoms with E-state index in [1.165, 1.54) is 0 Å². The second-order valence-electron chi connectivity index (χ2n) is 6.97. The lowest BCUT2D eigenvalue weighted by Gasteiger charge is -2.35. The second-order valence-corrected chi connectivity index (χ2v) is 7.40. The quantitative estimate of drug-likeness (QED) is 0.831. The Morgan fingerprint density at radius 1 is 1.19 bits per heavy atom. The molecule has 1 aliphatic carbocycles. The van der Waals surface area contributed by atoms with Gasteiger partial charge in [-0.3, -0.25) is 9.78 Å². The van der Waals surface area contributed by atoms with E-state index in [1.807, 2.05) is 43.3 Å². The van der Waals surface area contributed by atoms with Crippen molar-refractivity contribution >= 4 is 17.4 Å². The molecule has 0 bridgehead atoms. The Morgan fingerprint density at radius 3 is 2.63 bits per heavy atom. The highest BCUT2D eigenvalue weighted by molar-refractivity contribution is 6.30. The number of pyridine rings is 1. The predicted molar refractivity (Wildman–Crippen MR) is 104 cm³/mol. The molecule has 2 aromatic rings. The predicted octanol–water partition coefficient (Wildman–Crippen LogP) is 4.62. The van der Waals surface area contributed by atoms with Crippen molar-refractivity contribution in [2.24, 2.45) is 0 Å². The van der Waals surface area contributed by atoms with Crippen molar-refractivity contribution < 1.29 is 4.79 Å². The number of carbonyl (C=O) groups is 1. The normalized spacial score (nSPS) is 22.2. The number of carbonyl (C=O) groups excluding carboxylic acids is 1. The van der Waals surface area contributed by atoms with Gasteiger partial charge in [-0.15, -0.1) is 0 Å². The van der Waals surface area contributed by atoms with Crippen LogP contribution in [0.25, 0.3) is 0 Å². The van der Waals surface area contributed by atoms with E-state index in [2.05, 4.69) is 16.4 Å². The van der Waals surface area contributed by atoms with Crippen molar-refractivity contribution in [3.8, 4) is 6.07 Å². The lowest BCUT2D eigenvalue weighted by atomic mass is 9.72. The Labute approximate surface area is 163 Å². The third-order valence-corrected chi connectivity index (χ3v) is 5.56. The molecule has 0 fully saturated rings. The van der Waals surface area contributed by atoms with Gasteiger partial charge in [0, 0.05) is 40.8 Å². The molecule has 2 aliphatic rings. The molecule has 0 amide bonds. The summed E-state index contributed by atoms with van der Waals surface area (Å²) in [5.41, 5.74) is 4.98. The first-order valence-corrected chi connectivity index (χ1v) is 9.25. The number of hydrogen-bond donors (Lipinski definition) is 1. The van der Waals surface area contributed by atoms with E-state index in [0.717, 1.165) is 28.9 Å². The van der Waals surface area contributed by atoms with E-state index in [1.54, 1.807) is 12.4 Å². The summed E-state index contributed by atoms with van der Waals surface area (Å²) in [5, 5.41) is 13.7. The zero-order valence-electron chi connectivity index (χ0n) is 14.9. The number of rotatable bonds is 2. The fourth-order valence-electron chi connectivity index (χ4n) is 4.04. The summed E-state index contributed by atoms with van der Waals surface area (Å²) in [4.78, 5) is 17.3. The third kappa shape index (κ3) is 3.15. The van der Waals surface area contributed by atoms with E-state index < -0.39 is 0 Å². The van der Waals surface area contributed by atoms with Crippen molar-refractivity contribution in [2.45, 2.75) is 31.6 Å². The van der Waals surface area contributed by atoms with Gasteiger partial charge in [-0.1, -0.05) is 29.8 Å². The fraction of sp³-hybridized carbons (Fsp3) is 0.227. The van der Waals surface area contributed by atoms with E-state index in [-0.39, 0.29) is 17.6 Å². The van der Waals surface area contributed by atoms with Crippen LogP contribution < -0.4 is 5.32 Å². The van der Waals surface area contributed by atoms with E-state index in [4.69, 9.17) is 11.6 Å². The summed E-state index contributed by atoms with van der Waals surface area (Å²) >= 11 is 6.00. The van der Waals surface area contributed by atoms with Crippen LogP contribution in [0, 0.1) is 11.3 Å². The standard InChI is InChI=1S/C22H18ClN3O/c1-13-18(11-24)21(15-3-2-8-25-12-15)22-19(26-13)9-16(10-20(22)27)14-4-6-17(23)7-5-14/h2-8,12,16,21,26H,9-10H2,1H3/t16-,21+/m0/s1. The number of halogens is 1. The Morgan fingerprint density at radius 2 is 1.96 bits per heavy atom. The topological polar surface area (TPSA) is 65.8 Å². The SMILES string of the molecule is CC1=C(C#N)[C@@H](c2cccnc2)C2=C(C[C@H](c3ccc(Cl)cc3)CC2=O)N1. The molecule has 0 saturated heterocycles. The first-order chi connectivity index (χ1) is 13.1. The van der Waals surface area contributed by atoms with Crippen molar-refractivity contribution in [1.82, 2.24) is 10.3 Å². The summed E-state index contributed by atoms with van der Waals surface area (Å²) in [5.74, 6) is -0.163. The van der Waals surface area contributed by atoms with Gasteiger partial charge < -0.3 is 5.32 Å². The molecule has 2 atom stereocenters. The zero-order valence-corrected chi connectivity index (χ0v) is 15.6. The van der Waals surface area contributed by atoms with Crippen LogP contribution in [0.15, 0.2) is 71.3 Å². The molecule has 4 nitrogen and oxygen atoms in total. The van der Waals surface area contributed by atoms with Gasteiger partial charge in [0.15, 0.2) is 5.78 Å². The molecule has 4 rings (SSSR count). The van der Waals surface area contributed by atoms with Gasteiger partial charge in [0.1, 0.15) is 0 Å². The smallest absolute Gasteiger partial charge is 0.162 e. The first-order valence-electron chi connectivity index (χ1n) is 8.88. The lowest BCUT2D eigenvalue weighted by molar-refractivity contribution is -0.116. The molecule has 27 heavy (non-hydrogen) atoms. The summed E-state index contributed by atoms with van der Waals surface area (Å²) in [6, 6.07) is 13.7. The number of hydrogen-bond acceptors (Lipinski definition) is 4. The Balaban J connectivity index is 1.77. The monoisotopic (exact) mass is 375 g/mol. The third-order valence-electron chi connectivity index (χ3n) is 5.31. The molecule has 0 radical (unpaired) electrons. The Hall–Kier alpha value is -2.90. The minimum atomic E-state index is -0.349. The summed E-state index contributed by atoms with van der Waals surface area (Å²) in [6.45, 7) is 1.89. The number of ketones is 1. The van der Waals surface area contributed by atoms with Crippen LogP contribution >= 0.6 is 11.6 Å². The van der Waals surface area contributed by atoms with E-state index in [0.29, 0.717) is 22.6 Å². The van der Waals surface area contributed by atoms with Gasteiger partial charge in [0.2, 0.25) is 0 Å². The molecule has 5 heteroatoms. The van der Waals surface area contributed by atoms with Gasteiger partial charge in [-0.05, 0) is 48.6 Å². The molecule has 2 heterocycles. The highest BCUT2D eigenvalue weighted by Crippen LogP contribution is 2.44. The van der Waals surface area contributed by atoms with Crippen molar-refractivity contribution in [2.75, 3.05) is 0 Å². The molecule has 1 aliphatic heterocycles. The van der Waals surface area contributed by atoms with Crippen LogP contribution in [-0.4, -0.2) is 10.8 Å². The van der Waals surface area contributed by atoms with Gasteiger partial charge in [-0.2, -0.15) is 5.26 Å². The number of aromatic nitrogens is 1. The Bertz CT molecular complexity index is 1000. The average Bonchev–Trinajstić information content (AvgIpc) is 2.68.